The summed E-state index contributed by atoms with van der Waals surface area (Å²) < 4.78 is 0. The van der Waals surface area contributed by atoms with Gasteiger partial charge in [0, 0.05) is 22.3 Å². The lowest BCUT2D eigenvalue weighted by Gasteiger charge is -2.27. The van der Waals surface area contributed by atoms with Crippen molar-refractivity contribution in [3.63, 3.8) is 0 Å². The Balaban J connectivity index is 2.08. The predicted octanol–water partition coefficient (Wildman–Crippen LogP) is 6.94. The number of benzene rings is 2. The van der Waals surface area contributed by atoms with Crippen molar-refractivity contribution >= 4 is 22.7 Å². The number of hydrogen-bond donors (Lipinski definition) is 0. The summed E-state index contributed by atoms with van der Waals surface area (Å²) in [5, 5.41) is 0. The highest BCUT2D eigenvalue weighted by atomic mass is 16.1. The van der Waals surface area contributed by atoms with E-state index in [0.717, 1.165) is 57.4 Å². The number of fused-ring (bicyclic) bond motifs is 2. The molecule has 2 aliphatic carbocycles. The van der Waals surface area contributed by atoms with E-state index in [1.54, 1.807) is 0 Å². The summed E-state index contributed by atoms with van der Waals surface area (Å²) in [4.78, 5) is 26.4. The van der Waals surface area contributed by atoms with Crippen LogP contribution < -0.4 is 0 Å². The van der Waals surface area contributed by atoms with Crippen molar-refractivity contribution in [1.29, 1.82) is 0 Å². The summed E-state index contributed by atoms with van der Waals surface area (Å²) >= 11 is 0. The van der Waals surface area contributed by atoms with Crippen molar-refractivity contribution in [3.8, 4) is 0 Å². The highest BCUT2D eigenvalue weighted by Crippen LogP contribution is 2.42. The Morgan fingerprint density at radius 1 is 0.600 bits per heavy atom. The number of rotatable bonds is 4. The Morgan fingerprint density at radius 3 is 1.27 bits per heavy atom. The van der Waals surface area contributed by atoms with Gasteiger partial charge in [0.2, 0.25) is 0 Å². The maximum atomic E-state index is 13.2. The van der Waals surface area contributed by atoms with E-state index in [0.29, 0.717) is 0 Å². The van der Waals surface area contributed by atoms with E-state index >= 15 is 0 Å². The van der Waals surface area contributed by atoms with Crippen molar-refractivity contribution in [2.24, 2.45) is 11.8 Å². The van der Waals surface area contributed by atoms with Gasteiger partial charge in [-0.15, -0.1) is 0 Å². The second-order valence-corrected chi connectivity index (χ2v) is 8.39. The van der Waals surface area contributed by atoms with Gasteiger partial charge < -0.3 is 0 Å². The summed E-state index contributed by atoms with van der Waals surface area (Å²) in [5.74, 6) is 0.603. The Labute approximate surface area is 179 Å². The molecule has 2 aromatic carbocycles. The highest BCUT2D eigenvalue weighted by molar-refractivity contribution is 6.23. The minimum atomic E-state index is 0.121. The Morgan fingerprint density at radius 2 is 0.933 bits per heavy atom. The van der Waals surface area contributed by atoms with E-state index in [-0.39, 0.29) is 23.4 Å². The second kappa shape index (κ2) is 8.02. The summed E-state index contributed by atoms with van der Waals surface area (Å²) in [6, 6.07) is 15.7. The first-order chi connectivity index (χ1) is 14.5. The molecule has 4 rings (SSSR count). The molecule has 30 heavy (non-hydrogen) atoms. The van der Waals surface area contributed by atoms with Crippen LogP contribution in [-0.2, 0) is 0 Å². The Hall–Kier alpha value is -3.00. The molecule has 0 amide bonds. The molecule has 0 heterocycles. The zero-order valence-electron chi connectivity index (χ0n) is 18.2. The maximum Gasteiger partial charge on any atom is 0.189 e. The number of Topliss-reactive ketones (excluding diaryl/α,β-unsaturated/α-hetero) is 2. The largest absolute Gasteiger partial charge is 0.289 e. The molecular weight excluding hydrogens is 368 g/mol. The third kappa shape index (κ3) is 3.21. The Bertz CT molecular complexity index is 1040. The van der Waals surface area contributed by atoms with E-state index in [2.05, 4.69) is 39.8 Å². The van der Waals surface area contributed by atoms with Gasteiger partial charge in [0.1, 0.15) is 0 Å². The molecule has 152 valence electrons. The number of carbonyl (C=O) groups excluding carboxylic acids is 2. The SMILES string of the molecule is CCC(C)C1=C/C(=C2\C=C(C(C)CC)C(=O)c3ccccc32)c2ccccc2C1=O. The van der Waals surface area contributed by atoms with Crippen LogP contribution >= 0.6 is 0 Å². The van der Waals surface area contributed by atoms with Crippen molar-refractivity contribution in [2.75, 3.05) is 0 Å². The van der Waals surface area contributed by atoms with E-state index in [4.69, 9.17) is 0 Å². The minimum absolute atomic E-state index is 0.121. The Kier molecular flexibility index (Phi) is 5.42. The normalized spacial score (nSPS) is 20.1. The van der Waals surface area contributed by atoms with Crippen molar-refractivity contribution < 1.29 is 9.59 Å². The molecule has 2 unspecified atom stereocenters. The summed E-state index contributed by atoms with van der Waals surface area (Å²) in [5.41, 5.74) is 7.21. The third-order valence-corrected chi connectivity index (χ3v) is 6.62. The molecule has 0 aromatic heterocycles. The van der Waals surface area contributed by atoms with Gasteiger partial charge >= 0.3 is 0 Å². The van der Waals surface area contributed by atoms with Gasteiger partial charge in [-0.2, -0.15) is 0 Å². The third-order valence-electron chi connectivity index (χ3n) is 6.62. The van der Waals surface area contributed by atoms with Crippen LogP contribution in [0.15, 0.2) is 71.8 Å². The molecule has 2 heteroatoms. The van der Waals surface area contributed by atoms with Crippen LogP contribution in [-0.4, -0.2) is 11.6 Å². The fraction of sp³-hybridized carbons (Fsp3) is 0.286. The molecule has 2 nitrogen and oxygen atoms in total. The molecule has 0 N–H and O–H groups in total. The second-order valence-electron chi connectivity index (χ2n) is 8.39. The number of hydrogen-bond acceptors (Lipinski definition) is 2. The molecule has 2 atom stereocenters. The number of carbonyl (C=O) groups is 2. The van der Waals surface area contributed by atoms with Crippen molar-refractivity contribution in [2.45, 2.75) is 40.5 Å². The lowest BCUT2D eigenvalue weighted by molar-refractivity contribution is 0.101. The van der Waals surface area contributed by atoms with Gasteiger partial charge in [0.05, 0.1) is 0 Å². The summed E-state index contributed by atoms with van der Waals surface area (Å²) in [6.07, 6.45) is 5.97. The molecule has 0 fully saturated rings. The molecule has 2 aromatic rings. The van der Waals surface area contributed by atoms with Crippen LogP contribution in [0.5, 0.6) is 0 Å². The average molecular weight is 397 g/mol. The molecular formula is C28H28O2. The fourth-order valence-electron chi connectivity index (χ4n) is 4.36. The first-order valence-corrected chi connectivity index (χ1v) is 10.9. The summed E-state index contributed by atoms with van der Waals surface area (Å²) in [7, 11) is 0. The first-order valence-electron chi connectivity index (χ1n) is 10.9. The van der Waals surface area contributed by atoms with Crippen LogP contribution in [0.3, 0.4) is 0 Å². The van der Waals surface area contributed by atoms with E-state index in [1.807, 2.05) is 48.5 Å². The van der Waals surface area contributed by atoms with Crippen molar-refractivity contribution in [1.82, 2.24) is 0 Å². The maximum absolute atomic E-state index is 13.2. The lowest BCUT2D eigenvalue weighted by Crippen LogP contribution is -2.19. The standard InChI is InChI=1S/C28H28O2/c1-5-17(3)23-15-25(19-11-7-9-13-21(19)27(23)29)26-16-24(18(4)6-2)28(30)22-14-10-8-12-20(22)26/h7-18H,5-6H2,1-4H3/b26-25-. The zero-order valence-corrected chi connectivity index (χ0v) is 18.2. The van der Waals surface area contributed by atoms with Gasteiger partial charge in [-0.05, 0) is 59.1 Å². The number of ketones is 2. The molecule has 0 aliphatic heterocycles. The van der Waals surface area contributed by atoms with E-state index in [1.165, 1.54) is 0 Å². The van der Waals surface area contributed by atoms with Gasteiger partial charge in [-0.1, -0.05) is 76.2 Å². The molecule has 0 radical (unpaired) electrons. The van der Waals surface area contributed by atoms with Crippen LogP contribution in [0.4, 0.5) is 0 Å². The quantitative estimate of drug-likeness (QED) is 0.561. The monoisotopic (exact) mass is 396 g/mol. The number of allylic oxidation sites excluding steroid dienone is 6. The van der Waals surface area contributed by atoms with Gasteiger partial charge in [-0.3, -0.25) is 9.59 Å². The minimum Gasteiger partial charge on any atom is -0.289 e. The smallest absolute Gasteiger partial charge is 0.189 e. The predicted molar refractivity (Wildman–Crippen MR) is 123 cm³/mol. The summed E-state index contributed by atoms with van der Waals surface area (Å²) in [6.45, 7) is 8.45. The van der Waals surface area contributed by atoms with Crippen LogP contribution in [0.25, 0.3) is 11.1 Å². The highest BCUT2D eigenvalue weighted by Gasteiger charge is 2.31. The first kappa shape index (κ1) is 20.3. The molecule has 0 bridgehead atoms. The lowest BCUT2D eigenvalue weighted by atomic mass is 9.75. The zero-order chi connectivity index (χ0) is 21.4. The molecule has 2 aliphatic rings. The topological polar surface area (TPSA) is 34.1 Å². The molecule has 0 saturated heterocycles. The van der Waals surface area contributed by atoms with Crippen LogP contribution in [0.2, 0.25) is 0 Å². The average Bonchev–Trinajstić information content (AvgIpc) is 2.79. The van der Waals surface area contributed by atoms with Gasteiger partial charge in [0.25, 0.3) is 0 Å². The van der Waals surface area contributed by atoms with Gasteiger partial charge in [-0.25, -0.2) is 0 Å². The van der Waals surface area contributed by atoms with Crippen LogP contribution in [0, 0.1) is 11.8 Å². The van der Waals surface area contributed by atoms with Crippen molar-refractivity contribution in [3.05, 3.63) is 94.1 Å². The van der Waals surface area contributed by atoms with E-state index in [9.17, 15) is 9.59 Å². The molecule has 0 saturated carbocycles. The fourth-order valence-corrected chi connectivity index (χ4v) is 4.36. The van der Waals surface area contributed by atoms with E-state index < -0.39 is 0 Å². The van der Waals surface area contributed by atoms with Crippen LogP contribution in [0.1, 0.15) is 72.4 Å². The molecule has 0 spiro atoms. The van der Waals surface area contributed by atoms with Gasteiger partial charge in [0.15, 0.2) is 11.6 Å².